The Kier molecular flexibility index (Phi) is 6.02. The Morgan fingerprint density at radius 3 is 2.33 bits per heavy atom. The quantitative estimate of drug-likeness (QED) is 0.297. The van der Waals surface area contributed by atoms with Gasteiger partial charge in [0.2, 0.25) is 0 Å². The lowest BCUT2D eigenvalue weighted by Gasteiger charge is -2.25. The van der Waals surface area contributed by atoms with Crippen molar-refractivity contribution >= 4 is 17.3 Å². The number of carbonyl (C=O) groups is 1. The van der Waals surface area contributed by atoms with E-state index in [9.17, 15) is 28.2 Å². The van der Waals surface area contributed by atoms with Crippen molar-refractivity contribution in [2.24, 2.45) is 5.41 Å². The number of rotatable bonds is 5. The van der Waals surface area contributed by atoms with Gasteiger partial charge in [-0.3, -0.25) is 9.20 Å². The molecule has 1 unspecified atom stereocenters. The summed E-state index contributed by atoms with van der Waals surface area (Å²) in [6.45, 7) is 5.21. The van der Waals surface area contributed by atoms with E-state index >= 15 is 0 Å². The first kappa shape index (κ1) is 26.7. The number of nitrogens with zero attached hydrogens (tertiary/aromatic N) is 3. The maximum atomic E-state index is 13.2. The lowest BCUT2D eigenvalue weighted by Crippen LogP contribution is -2.29. The van der Waals surface area contributed by atoms with E-state index in [1.54, 1.807) is 43.6 Å². The highest BCUT2D eigenvalue weighted by atomic mass is 19.4. The van der Waals surface area contributed by atoms with Crippen LogP contribution in [0.1, 0.15) is 62.5 Å². The van der Waals surface area contributed by atoms with Crippen LogP contribution in [0.4, 0.5) is 19.0 Å². The van der Waals surface area contributed by atoms with Crippen LogP contribution >= 0.6 is 0 Å². The van der Waals surface area contributed by atoms with Crippen molar-refractivity contribution < 1.29 is 28.2 Å². The second-order valence-electron chi connectivity index (χ2n) is 11.1. The minimum atomic E-state index is -4.53. The van der Waals surface area contributed by atoms with Crippen molar-refractivity contribution in [1.29, 1.82) is 0 Å². The van der Waals surface area contributed by atoms with Gasteiger partial charge in [0.15, 0.2) is 0 Å². The summed E-state index contributed by atoms with van der Waals surface area (Å²) < 4.78 is 41.6. The van der Waals surface area contributed by atoms with Crippen LogP contribution in [-0.2, 0) is 22.0 Å². The molecule has 0 aliphatic heterocycles. The third-order valence-corrected chi connectivity index (χ3v) is 8.12. The number of anilines is 1. The maximum Gasteiger partial charge on any atom is 0.416 e. The number of carboxylic acids is 1. The van der Waals surface area contributed by atoms with Crippen molar-refractivity contribution in [3.63, 3.8) is 0 Å². The van der Waals surface area contributed by atoms with Gasteiger partial charge in [0.05, 0.1) is 11.0 Å². The molecule has 0 amide bonds. The third-order valence-electron chi connectivity index (χ3n) is 8.12. The Balaban J connectivity index is 1.56. The van der Waals surface area contributed by atoms with Crippen LogP contribution in [0.2, 0.25) is 0 Å². The van der Waals surface area contributed by atoms with Gasteiger partial charge in [0.1, 0.15) is 28.5 Å². The van der Waals surface area contributed by atoms with Crippen LogP contribution < -0.4 is 5.73 Å². The van der Waals surface area contributed by atoms with E-state index in [1.165, 1.54) is 19.1 Å². The van der Waals surface area contributed by atoms with Crippen LogP contribution in [-0.4, -0.2) is 30.6 Å². The van der Waals surface area contributed by atoms with Crippen molar-refractivity contribution in [3.8, 4) is 11.3 Å². The summed E-state index contributed by atoms with van der Waals surface area (Å²) in [5.74, 6) is 0.109. The Bertz CT molecular complexity index is 1580. The summed E-state index contributed by atoms with van der Waals surface area (Å²) >= 11 is 0. The molecule has 10 heteroatoms. The van der Waals surface area contributed by atoms with Gasteiger partial charge >= 0.3 is 12.1 Å². The number of imidazole rings is 1. The Hall–Kier alpha value is -3.92. The predicted molar refractivity (Wildman–Crippen MR) is 140 cm³/mol. The van der Waals surface area contributed by atoms with E-state index in [4.69, 9.17) is 10.7 Å². The first-order chi connectivity index (χ1) is 18.2. The molecule has 0 spiro atoms. The highest BCUT2D eigenvalue weighted by molar-refractivity contribution is 5.85. The molecule has 3 atom stereocenters. The summed E-state index contributed by atoms with van der Waals surface area (Å²) in [7, 11) is 0. The zero-order valence-corrected chi connectivity index (χ0v) is 21.8. The number of alkyl halides is 3. The molecule has 0 radical (unpaired) electrons. The molecule has 5 rings (SSSR count). The Morgan fingerprint density at radius 1 is 1.05 bits per heavy atom. The largest absolute Gasteiger partial charge is 0.481 e. The van der Waals surface area contributed by atoms with Gasteiger partial charge in [-0.2, -0.15) is 13.2 Å². The summed E-state index contributed by atoms with van der Waals surface area (Å²) in [6.07, 6.45) is 0.363. The molecule has 1 fully saturated rings. The van der Waals surface area contributed by atoms with Crippen LogP contribution in [0.15, 0.2) is 60.9 Å². The van der Waals surface area contributed by atoms with Crippen LogP contribution in [0, 0.1) is 5.41 Å². The number of halogens is 3. The van der Waals surface area contributed by atoms with Crippen molar-refractivity contribution in [3.05, 3.63) is 83.4 Å². The molecule has 39 heavy (non-hydrogen) atoms. The fourth-order valence-corrected chi connectivity index (χ4v) is 5.77. The van der Waals surface area contributed by atoms with Crippen molar-refractivity contribution in [2.45, 2.75) is 57.2 Å². The minimum absolute atomic E-state index is 0.115. The number of hydrogen-bond donors (Lipinski definition) is 3. The zero-order valence-electron chi connectivity index (χ0n) is 21.8. The fraction of sp³-hybridized carbons (Fsp3) is 0.345. The Morgan fingerprint density at radius 2 is 1.72 bits per heavy atom. The molecule has 2 heterocycles. The number of benzene rings is 2. The molecule has 0 bridgehead atoms. The van der Waals surface area contributed by atoms with Gasteiger partial charge in [0.25, 0.3) is 0 Å². The van der Waals surface area contributed by atoms with Gasteiger partial charge in [-0.25, -0.2) is 9.97 Å². The fourth-order valence-electron chi connectivity index (χ4n) is 5.77. The number of nitrogen functional groups attached to an aromatic ring is 1. The van der Waals surface area contributed by atoms with Gasteiger partial charge in [0, 0.05) is 23.4 Å². The molecule has 1 aliphatic carbocycles. The normalized spacial score (nSPS) is 23.2. The Labute approximate surface area is 223 Å². The molecule has 2 aromatic carbocycles. The van der Waals surface area contributed by atoms with Gasteiger partial charge in [-0.1, -0.05) is 43.3 Å². The highest BCUT2D eigenvalue weighted by Crippen LogP contribution is 2.51. The second kappa shape index (κ2) is 8.81. The first-order valence-corrected chi connectivity index (χ1v) is 12.5. The predicted octanol–water partition coefficient (Wildman–Crippen LogP) is 5.79. The second-order valence-corrected chi connectivity index (χ2v) is 11.1. The van der Waals surface area contributed by atoms with Crippen molar-refractivity contribution in [1.82, 2.24) is 14.4 Å². The lowest BCUT2D eigenvalue weighted by molar-refractivity contribution is -0.147. The standard InChI is InChI=1S/C29H29F3N4O3/c1-26(11-12-27(2,16-26)25(37)38)24-35-21(22-23(33)34-13-14-36(22)24)17-7-9-18(10-8-17)28(3,39)19-5-4-6-20(15-19)29(30,31)32/h4-10,13-15,39H,11-12,16H2,1-3H3,(H2,33,34)(H,37,38)/t26-,27+,28?/m1/s1. The van der Waals surface area contributed by atoms with Crippen LogP contribution in [0.5, 0.6) is 0 Å². The molecule has 0 saturated heterocycles. The van der Waals surface area contributed by atoms with E-state index in [0.29, 0.717) is 47.4 Å². The molecule has 204 valence electrons. The monoisotopic (exact) mass is 538 g/mol. The smallest absolute Gasteiger partial charge is 0.416 e. The van der Waals surface area contributed by atoms with E-state index in [0.717, 1.165) is 12.1 Å². The number of fused-ring (bicyclic) bond motifs is 1. The molecular formula is C29H29F3N4O3. The molecular weight excluding hydrogens is 509 g/mol. The van der Waals surface area contributed by atoms with Crippen molar-refractivity contribution in [2.75, 3.05) is 5.73 Å². The summed E-state index contributed by atoms with van der Waals surface area (Å²) in [5, 5.41) is 21.0. The van der Waals surface area contributed by atoms with Gasteiger partial charge in [-0.15, -0.1) is 0 Å². The molecule has 4 N–H and O–H groups in total. The number of aromatic nitrogens is 3. The minimum Gasteiger partial charge on any atom is -0.481 e. The lowest BCUT2D eigenvalue weighted by atomic mass is 9.81. The zero-order chi connectivity index (χ0) is 28.4. The van der Waals surface area contributed by atoms with E-state index in [2.05, 4.69) is 4.98 Å². The van der Waals surface area contributed by atoms with Crippen LogP contribution in [0.25, 0.3) is 16.8 Å². The topological polar surface area (TPSA) is 114 Å². The number of carboxylic acid groups (broad SMARTS) is 1. The van der Waals surface area contributed by atoms with Gasteiger partial charge < -0.3 is 15.9 Å². The number of nitrogens with two attached hydrogens (primary N) is 1. The molecule has 7 nitrogen and oxygen atoms in total. The maximum absolute atomic E-state index is 13.2. The molecule has 1 saturated carbocycles. The first-order valence-electron chi connectivity index (χ1n) is 12.5. The third kappa shape index (κ3) is 4.42. The average molecular weight is 539 g/mol. The number of aliphatic carboxylic acids is 1. The summed E-state index contributed by atoms with van der Waals surface area (Å²) in [5.41, 5.74) is 4.69. The summed E-state index contributed by atoms with van der Waals surface area (Å²) in [6, 6.07) is 11.4. The van der Waals surface area contributed by atoms with E-state index in [-0.39, 0.29) is 11.4 Å². The molecule has 1 aliphatic rings. The van der Waals surface area contributed by atoms with E-state index in [1.807, 2.05) is 11.3 Å². The van der Waals surface area contributed by atoms with Gasteiger partial charge in [-0.05, 0) is 56.4 Å². The van der Waals surface area contributed by atoms with E-state index < -0.39 is 34.1 Å². The number of aliphatic hydroxyl groups is 1. The molecule has 4 aromatic rings. The summed E-state index contributed by atoms with van der Waals surface area (Å²) in [4.78, 5) is 21.1. The molecule has 2 aromatic heterocycles. The SMILES string of the molecule is CC(O)(c1ccc(-c2nc([C@]3(C)CC[C@](C)(C(=O)O)C3)n3ccnc(N)c23)cc1)c1cccc(C(F)(F)F)c1. The van der Waals surface area contributed by atoms with Crippen LogP contribution in [0.3, 0.4) is 0 Å². The number of hydrogen-bond acceptors (Lipinski definition) is 5. The highest BCUT2D eigenvalue weighted by Gasteiger charge is 2.50. The average Bonchev–Trinajstić information content (AvgIpc) is 3.44.